The van der Waals surface area contributed by atoms with E-state index in [4.69, 9.17) is 0 Å². The number of para-hydroxylation sites is 1. The van der Waals surface area contributed by atoms with E-state index in [0.717, 1.165) is 31.6 Å². The monoisotopic (exact) mass is 323 g/mol. The van der Waals surface area contributed by atoms with Crippen LogP contribution in [0.3, 0.4) is 0 Å². The zero-order valence-electron chi connectivity index (χ0n) is 14.5. The van der Waals surface area contributed by atoms with E-state index in [1.807, 2.05) is 23.2 Å². The second kappa shape index (κ2) is 7.47. The molecule has 1 atom stereocenters. The van der Waals surface area contributed by atoms with Crippen molar-refractivity contribution in [3.8, 4) is 0 Å². The molecule has 1 aliphatic heterocycles. The van der Waals surface area contributed by atoms with Gasteiger partial charge in [-0.1, -0.05) is 24.3 Å². The number of hydrogen-bond acceptors (Lipinski definition) is 3. The van der Waals surface area contributed by atoms with Crippen molar-refractivity contribution in [3.05, 3.63) is 59.9 Å². The van der Waals surface area contributed by atoms with Crippen molar-refractivity contribution in [1.29, 1.82) is 0 Å². The van der Waals surface area contributed by atoms with E-state index in [9.17, 15) is 4.79 Å². The van der Waals surface area contributed by atoms with Gasteiger partial charge in [0.05, 0.1) is 0 Å². The molecule has 2 aromatic rings. The van der Waals surface area contributed by atoms with Crippen LogP contribution in [0.4, 0.5) is 5.69 Å². The summed E-state index contributed by atoms with van der Waals surface area (Å²) in [4.78, 5) is 21.1. The van der Waals surface area contributed by atoms with Crippen LogP contribution >= 0.6 is 0 Å². The molecular weight excluding hydrogens is 298 g/mol. The third kappa shape index (κ3) is 3.75. The van der Waals surface area contributed by atoms with Crippen molar-refractivity contribution in [2.75, 3.05) is 24.5 Å². The SMILES string of the molecule is Cc1ccccc1N1CCN(C(=O)CCc2cccnc2)C(C)C1. The summed E-state index contributed by atoms with van der Waals surface area (Å²) in [6.45, 7) is 6.87. The summed E-state index contributed by atoms with van der Waals surface area (Å²) in [5.74, 6) is 0.246. The van der Waals surface area contributed by atoms with Gasteiger partial charge in [-0.3, -0.25) is 9.78 Å². The molecule has 1 saturated heterocycles. The molecule has 126 valence electrons. The van der Waals surface area contributed by atoms with E-state index in [1.165, 1.54) is 11.3 Å². The minimum absolute atomic E-state index is 0.236. The number of nitrogens with zero attached hydrogens (tertiary/aromatic N) is 3. The summed E-state index contributed by atoms with van der Waals surface area (Å²) in [6, 6.07) is 12.6. The number of rotatable bonds is 4. The Morgan fingerprint density at radius 2 is 2.04 bits per heavy atom. The van der Waals surface area contributed by atoms with Gasteiger partial charge in [0.2, 0.25) is 5.91 Å². The van der Waals surface area contributed by atoms with Crippen LogP contribution in [0.25, 0.3) is 0 Å². The number of anilines is 1. The van der Waals surface area contributed by atoms with Crippen LogP contribution in [-0.4, -0.2) is 41.5 Å². The summed E-state index contributed by atoms with van der Waals surface area (Å²) >= 11 is 0. The predicted molar refractivity (Wildman–Crippen MR) is 97.1 cm³/mol. The Labute approximate surface area is 144 Å². The average Bonchev–Trinajstić information content (AvgIpc) is 2.61. The molecule has 3 rings (SSSR count). The molecule has 0 aliphatic carbocycles. The number of aryl methyl sites for hydroxylation is 2. The lowest BCUT2D eigenvalue weighted by Crippen LogP contribution is -2.54. The Bertz CT molecular complexity index is 686. The van der Waals surface area contributed by atoms with E-state index in [0.29, 0.717) is 6.42 Å². The summed E-state index contributed by atoms with van der Waals surface area (Å²) in [7, 11) is 0. The number of aromatic nitrogens is 1. The fourth-order valence-corrected chi connectivity index (χ4v) is 3.41. The first-order chi connectivity index (χ1) is 11.6. The molecule has 0 N–H and O–H groups in total. The normalized spacial score (nSPS) is 17.8. The zero-order chi connectivity index (χ0) is 16.9. The molecule has 1 aromatic carbocycles. The lowest BCUT2D eigenvalue weighted by Gasteiger charge is -2.41. The van der Waals surface area contributed by atoms with Gasteiger partial charge in [-0.15, -0.1) is 0 Å². The molecule has 1 aromatic heterocycles. The van der Waals surface area contributed by atoms with Crippen molar-refractivity contribution in [2.24, 2.45) is 0 Å². The minimum atomic E-state index is 0.236. The zero-order valence-corrected chi connectivity index (χ0v) is 14.5. The summed E-state index contributed by atoms with van der Waals surface area (Å²) < 4.78 is 0. The topological polar surface area (TPSA) is 36.4 Å². The van der Waals surface area contributed by atoms with Crippen molar-refractivity contribution in [3.63, 3.8) is 0 Å². The van der Waals surface area contributed by atoms with Crippen molar-refractivity contribution < 1.29 is 4.79 Å². The molecule has 1 aliphatic rings. The third-order valence-electron chi connectivity index (χ3n) is 4.75. The van der Waals surface area contributed by atoms with Gasteiger partial charge in [0.15, 0.2) is 0 Å². The van der Waals surface area contributed by atoms with Crippen molar-refractivity contribution in [1.82, 2.24) is 9.88 Å². The number of pyridine rings is 1. The molecular formula is C20H25N3O. The summed E-state index contributed by atoms with van der Waals surface area (Å²) in [5.41, 5.74) is 3.70. The highest BCUT2D eigenvalue weighted by molar-refractivity contribution is 5.77. The first kappa shape index (κ1) is 16.5. The number of piperazine rings is 1. The molecule has 4 heteroatoms. The third-order valence-corrected chi connectivity index (χ3v) is 4.75. The smallest absolute Gasteiger partial charge is 0.223 e. The largest absolute Gasteiger partial charge is 0.367 e. The molecule has 1 fully saturated rings. The van der Waals surface area contributed by atoms with Crippen molar-refractivity contribution in [2.45, 2.75) is 32.7 Å². The fraction of sp³-hybridized carbons (Fsp3) is 0.400. The Morgan fingerprint density at radius 3 is 2.75 bits per heavy atom. The lowest BCUT2D eigenvalue weighted by molar-refractivity contribution is -0.133. The number of carbonyl (C=O) groups is 1. The van der Waals surface area contributed by atoms with Crippen LogP contribution in [0.5, 0.6) is 0 Å². The maximum Gasteiger partial charge on any atom is 0.223 e. The molecule has 1 unspecified atom stereocenters. The average molecular weight is 323 g/mol. The van der Waals surface area contributed by atoms with Gasteiger partial charge in [0.25, 0.3) is 0 Å². The van der Waals surface area contributed by atoms with Gasteiger partial charge < -0.3 is 9.80 Å². The van der Waals surface area contributed by atoms with Gasteiger partial charge >= 0.3 is 0 Å². The van der Waals surface area contributed by atoms with Gasteiger partial charge in [-0.2, -0.15) is 0 Å². The number of hydrogen-bond donors (Lipinski definition) is 0. The van der Waals surface area contributed by atoms with Gasteiger partial charge in [0.1, 0.15) is 0 Å². The lowest BCUT2D eigenvalue weighted by atomic mass is 10.1. The highest BCUT2D eigenvalue weighted by Crippen LogP contribution is 2.23. The Balaban J connectivity index is 1.57. The Hall–Kier alpha value is -2.36. The van der Waals surface area contributed by atoms with Crippen LogP contribution in [0.15, 0.2) is 48.8 Å². The van der Waals surface area contributed by atoms with Crippen LogP contribution in [0, 0.1) is 6.92 Å². The van der Waals surface area contributed by atoms with Crippen LogP contribution in [-0.2, 0) is 11.2 Å². The maximum absolute atomic E-state index is 12.6. The first-order valence-corrected chi connectivity index (χ1v) is 8.64. The standard InChI is InChI=1S/C20H25N3O/c1-16-6-3-4-8-19(16)22-12-13-23(17(2)15-22)20(24)10-9-18-7-5-11-21-14-18/h3-8,11,14,17H,9-10,12-13,15H2,1-2H3. The highest BCUT2D eigenvalue weighted by Gasteiger charge is 2.27. The Morgan fingerprint density at radius 1 is 1.21 bits per heavy atom. The molecule has 0 bridgehead atoms. The number of carbonyl (C=O) groups excluding carboxylic acids is 1. The van der Waals surface area contributed by atoms with E-state index in [-0.39, 0.29) is 11.9 Å². The van der Waals surface area contributed by atoms with Crippen LogP contribution < -0.4 is 4.90 Å². The molecule has 2 heterocycles. The van der Waals surface area contributed by atoms with E-state index < -0.39 is 0 Å². The quantitative estimate of drug-likeness (QED) is 0.868. The van der Waals surface area contributed by atoms with E-state index in [2.05, 4.69) is 48.0 Å². The van der Waals surface area contributed by atoms with Crippen molar-refractivity contribution >= 4 is 11.6 Å². The van der Waals surface area contributed by atoms with E-state index in [1.54, 1.807) is 6.20 Å². The Kier molecular flexibility index (Phi) is 5.14. The summed E-state index contributed by atoms with van der Waals surface area (Å²) in [5, 5.41) is 0. The predicted octanol–water partition coefficient (Wildman–Crippen LogP) is 3.06. The summed E-state index contributed by atoms with van der Waals surface area (Å²) in [6.07, 6.45) is 4.92. The van der Waals surface area contributed by atoms with Gasteiger partial charge in [0, 0.05) is 50.2 Å². The molecule has 1 amide bonds. The molecule has 0 spiro atoms. The maximum atomic E-state index is 12.6. The van der Waals surface area contributed by atoms with Crippen LogP contribution in [0.2, 0.25) is 0 Å². The fourth-order valence-electron chi connectivity index (χ4n) is 3.41. The molecule has 0 radical (unpaired) electrons. The number of benzene rings is 1. The van der Waals surface area contributed by atoms with Gasteiger partial charge in [-0.25, -0.2) is 0 Å². The molecule has 0 saturated carbocycles. The second-order valence-electron chi connectivity index (χ2n) is 6.53. The van der Waals surface area contributed by atoms with E-state index >= 15 is 0 Å². The highest BCUT2D eigenvalue weighted by atomic mass is 16.2. The minimum Gasteiger partial charge on any atom is -0.367 e. The number of amides is 1. The molecule has 24 heavy (non-hydrogen) atoms. The molecule has 4 nitrogen and oxygen atoms in total. The first-order valence-electron chi connectivity index (χ1n) is 8.64. The van der Waals surface area contributed by atoms with Gasteiger partial charge in [-0.05, 0) is 43.5 Å². The van der Waals surface area contributed by atoms with Crippen LogP contribution in [0.1, 0.15) is 24.5 Å². The second-order valence-corrected chi connectivity index (χ2v) is 6.53.